The molecular weight excluding hydrogens is 547 g/mol. The monoisotopic (exact) mass is 588 g/mol. The third-order valence-corrected chi connectivity index (χ3v) is 13.6. The van der Waals surface area contributed by atoms with Gasteiger partial charge in [0.1, 0.15) is 34.8 Å². The van der Waals surface area contributed by atoms with Crippen LogP contribution in [0.5, 0.6) is 5.75 Å². The van der Waals surface area contributed by atoms with Gasteiger partial charge in [0.05, 0.1) is 30.3 Å². The Hall–Kier alpha value is -3.55. The maximum Gasteiger partial charge on any atom is 0.192 e. The highest BCUT2D eigenvalue weighted by molar-refractivity contribution is 6.74. The fourth-order valence-corrected chi connectivity index (χ4v) is 6.99. The van der Waals surface area contributed by atoms with Crippen LogP contribution in [0, 0.1) is 24.1 Å². The van der Waals surface area contributed by atoms with Crippen molar-refractivity contribution in [2.45, 2.75) is 103 Å². The van der Waals surface area contributed by atoms with E-state index in [2.05, 4.69) is 61.6 Å². The number of pyridine rings is 2. The van der Waals surface area contributed by atoms with E-state index < -0.39 is 20.2 Å². The number of hydrogen-bond donors (Lipinski definition) is 0. The molecule has 4 heterocycles. The fourth-order valence-electron chi connectivity index (χ4n) is 5.56. The summed E-state index contributed by atoms with van der Waals surface area (Å²) in [4.78, 5) is 4.23. The molecule has 1 aliphatic carbocycles. The second-order valence-electron chi connectivity index (χ2n) is 12.9. The number of halogens is 1. The Morgan fingerprint density at radius 1 is 1.12 bits per heavy atom. The van der Waals surface area contributed by atoms with E-state index in [4.69, 9.17) is 14.3 Å². The van der Waals surface area contributed by atoms with E-state index in [9.17, 15) is 9.65 Å². The summed E-state index contributed by atoms with van der Waals surface area (Å²) in [5.41, 5.74) is 4.59. The molecule has 5 rings (SSSR count). The van der Waals surface area contributed by atoms with Crippen molar-refractivity contribution in [1.29, 1.82) is 5.26 Å². The van der Waals surface area contributed by atoms with Gasteiger partial charge in [0.2, 0.25) is 0 Å². The first-order valence-corrected chi connectivity index (χ1v) is 17.7. The lowest BCUT2D eigenvalue weighted by atomic mass is 9.93. The Balaban J connectivity index is 1.41. The largest absolute Gasteiger partial charge is 0.482 e. The van der Waals surface area contributed by atoms with Crippen LogP contribution in [0.2, 0.25) is 18.1 Å². The summed E-state index contributed by atoms with van der Waals surface area (Å²) in [7, 11) is -1.80. The summed E-state index contributed by atoms with van der Waals surface area (Å²) in [6.45, 7) is 15.6. The van der Waals surface area contributed by atoms with Gasteiger partial charge in [0.15, 0.2) is 8.32 Å². The van der Waals surface area contributed by atoms with Crippen molar-refractivity contribution >= 4 is 13.8 Å². The number of ether oxygens (including phenoxy) is 1. The van der Waals surface area contributed by atoms with Crippen molar-refractivity contribution in [3.05, 3.63) is 65.8 Å². The van der Waals surface area contributed by atoms with Crippen LogP contribution in [-0.4, -0.2) is 38.8 Å². The Kier molecular flexibility index (Phi) is 8.27. The summed E-state index contributed by atoms with van der Waals surface area (Å²) >= 11 is 0. The highest BCUT2D eigenvalue weighted by Crippen LogP contribution is 2.41. The van der Waals surface area contributed by atoms with E-state index in [0.717, 1.165) is 42.5 Å². The zero-order valence-electron chi connectivity index (χ0n) is 25.7. The standard InChI is InChI=1S/C32H41FN6O2Si/c1-8-29(28-14-9-24(33)18-35-28)40-30-15-22(20-38-31(30)23(16-34)17-36-38)27-19-37-39(21(27)2)25-10-12-26(13-11-25)41-42(6,7)32(3,4)5/h9,14-15,17-20,25-26,29H,8,10-13H2,1-7H3/t25?,26?,29-/m1/s1. The number of hydrogen-bond acceptors (Lipinski definition) is 6. The zero-order chi connectivity index (χ0) is 30.2. The first-order chi connectivity index (χ1) is 19.9. The zero-order valence-corrected chi connectivity index (χ0v) is 26.7. The van der Waals surface area contributed by atoms with Crippen molar-refractivity contribution in [3.8, 4) is 22.9 Å². The van der Waals surface area contributed by atoms with Crippen molar-refractivity contribution in [1.82, 2.24) is 24.4 Å². The molecule has 10 heteroatoms. The molecule has 0 unspecified atom stereocenters. The summed E-state index contributed by atoms with van der Waals surface area (Å²) in [5, 5.41) is 19.2. The third-order valence-electron chi connectivity index (χ3n) is 9.03. The molecule has 0 spiro atoms. The van der Waals surface area contributed by atoms with Gasteiger partial charge in [0, 0.05) is 29.1 Å². The fraction of sp³-hybridized carbons (Fsp3) is 0.500. The van der Waals surface area contributed by atoms with E-state index >= 15 is 0 Å². The van der Waals surface area contributed by atoms with Crippen LogP contribution in [0.25, 0.3) is 16.6 Å². The van der Waals surface area contributed by atoms with Gasteiger partial charge < -0.3 is 9.16 Å². The molecular formula is C32H41FN6O2Si. The molecule has 1 aliphatic rings. The molecule has 4 aromatic heterocycles. The van der Waals surface area contributed by atoms with E-state index in [0.29, 0.717) is 41.1 Å². The third kappa shape index (κ3) is 5.85. The minimum atomic E-state index is -1.80. The van der Waals surface area contributed by atoms with Crippen molar-refractivity contribution in [2.24, 2.45) is 0 Å². The van der Waals surface area contributed by atoms with E-state index in [-0.39, 0.29) is 5.04 Å². The quantitative estimate of drug-likeness (QED) is 0.194. The maximum absolute atomic E-state index is 13.5. The molecule has 8 nitrogen and oxygen atoms in total. The van der Waals surface area contributed by atoms with Gasteiger partial charge >= 0.3 is 0 Å². The van der Waals surface area contributed by atoms with Gasteiger partial charge in [-0.1, -0.05) is 27.7 Å². The SMILES string of the molecule is CC[C@@H](Oc1cc(-c2cnn(C3CCC(O[Si](C)(C)C(C)(C)C)CC3)c2C)cn2ncc(C#N)c12)c1ccc(F)cn1. The van der Waals surface area contributed by atoms with Crippen LogP contribution >= 0.6 is 0 Å². The van der Waals surface area contributed by atoms with Crippen LogP contribution in [0.4, 0.5) is 4.39 Å². The van der Waals surface area contributed by atoms with Crippen LogP contribution in [0.1, 0.15) is 88.9 Å². The van der Waals surface area contributed by atoms with Gasteiger partial charge in [-0.2, -0.15) is 15.5 Å². The summed E-state index contributed by atoms with van der Waals surface area (Å²) in [5.74, 6) is 0.125. The smallest absolute Gasteiger partial charge is 0.192 e. The summed E-state index contributed by atoms with van der Waals surface area (Å²) in [6.07, 6.45) is 11.2. The predicted molar refractivity (Wildman–Crippen MR) is 163 cm³/mol. The maximum atomic E-state index is 13.5. The number of nitriles is 1. The highest BCUT2D eigenvalue weighted by atomic mass is 28.4. The van der Waals surface area contributed by atoms with Crippen LogP contribution in [-0.2, 0) is 4.43 Å². The molecule has 0 bridgehead atoms. The lowest BCUT2D eigenvalue weighted by Gasteiger charge is -2.41. The van der Waals surface area contributed by atoms with Gasteiger partial charge in [-0.3, -0.25) is 9.67 Å². The molecule has 0 N–H and O–H groups in total. The normalized spacial score (nSPS) is 18.6. The average Bonchev–Trinajstić information content (AvgIpc) is 3.55. The minimum absolute atomic E-state index is 0.205. The van der Waals surface area contributed by atoms with Gasteiger partial charge in [0.25, 0.3) is 0 Å². The van der Waals surface area contributed by atoms with Crippen molar-refractivity contribution in [2.75, 3.05) is 0 Å². The second-order valence-corrected chi connectivity index (χ2v) is 17.6. The predicted octanol–water partition coefficient (Wildman–Crippen LogP) is 7.95. The van der Waals surface area contributed by atoms with Crippen LogP contribution < -0.4 is 4.74 Å². The number of nitrogens with zero attached hydrogens (tertiary/aromatic N) is 6. The first-order valence-electron chi connectivity index (χ1n) is 14.8. The minimum Gasteiger partial charge on any atom is -0.482 e. The molecule has 4 aromatic rings. The number of fused-ring (bicyclic) bond motifs is 1. The van der Waals surface area contributed by atoms with E-state index in [1.54, 1.807) is 16.8 Å². The molecule has 1 saturated carbocycles. The molecule has 0 radical (unpaired) electrons. The van der Waals surface area contributed by atoms with Crippen LogP contribution in [0.15, 0.2) is 43.0 Å². The Bertz CT molecular complexity index is 1590. The lowest BCUT2D eigenvalue weighted by molar-refractivity contribution is 0.115. The molecule has 0 amide bonds. The lowest BCUT2D eigenvalue weighted by Crippen LogP contribution is -2.44. The molecule has 1 atom stereocenters. The second kappa shape index (κ2) is 11.6. The van der Waals surface area contributed by atoms with Gasteiger partial charge in [-0.05, 0) is 75.4 Å². The number of aromatic nitrogens is 5. The van der Waals surface area contributed by atoms with Gasteiger partial charge in [-0.15, -0.1) is 0 Å². The highest BCUT2D eigenvalue weighted by Gasteiger charge is 2.40. The molecule has 42 heavy (non-hydrogen) atoms. The topological polar surface area (TPSA) is 90.3 Å². The molecule has 0 aliphatic heterocycles. The van der Waals surface area contributed by atoms with Gasteiger partial charge in [-0.25, -0.2) is 8.91 Å². The van der Waals surface area contributed by atoms with Crippen molar-refractivity contribution in [3.63, 3.8) is 0 Å². The summed E-state index contributed by atoms with van der Waals surface area (Å²) < 4.78 is 30.6. The summed E-state index contributed by atoms with van der Waals surface area (Å²) in [6, 6.07) is 7.50. The van der Waals surface area contributed by atoms with Crippen LogP contribution in [0.3, 0.4) is 0 Å². The average molecular weight is 589 g/mol. The number of rotatable bonds is 8. The van der Waals surface area contributed by atoms with Crippen molar-refractivity contribution < 1.29 is 13.6 Å². The Morgan fingerprint density at radius 3 is 2.48 bits per heavy atom. The molecule has 0 saturated heterocycles. The molecule has 222 valence electrons. The molecule has 1 fully saturated rings. The first kappa shape index (κ1) is 29.9. The Labute approximate surface area is 248 Å². The van der Waals surface area contributed by atoms with E-state index in [1.807, 2.05) is 25.4 Å². The van der Waals surface area contributed by atoms with E-state index in [1.165, 1.54) is 12.3 Å². The Morgan fingerprint density at radius 2 is 1.86 bits per heavy atom. The molecule has 0 aromatic carbocycles.